The molecule has 1 fully saturated rings. The van der Waals surface area contributed by atoms with E-state index in [4.69, 9.17) is 9.47 Å². The Labute approximate surface area is 132 Å². The molecule has 0 saturated carbocycles. The second-order valence-electron chi connectivity index (χ2n) is 5.58. The fourth-order valence-corrected chi connectivity index (χ4v) is 1.99. The van der Waals surface area contributed by atoms with E-state index in [1.165, 1.54) is 14.0 Å². The van der Waals surface area contributed by atoms with E-state index in [2.05, 4.69) is 16.6 Å². The van der Waals surface area contributed by atoms with Gasteiger partial charge in [-0.2, -0.15) is 0 Å². The van der Waals surface area contributed by atoms with Crippen LogP contribution >= 0.6 is 0 Å². The lowest BCUT2D eigenvalue weighted by molar-refractivity contribution is -0.140. The number of hydrogen-bond acceptors (Lipinski definition) is 5. The first-order valence-corrected chi connectivity index (χ1v) is 7.40. The molecule has 0 aliphatic carbocycles. The van der Waals surface area contributed by atoms with Gasteiger partial charge in [0, 0.05) is 24.8 Å². The Bertz CT molecular complexity index is 493. The van der Waals surface area contributed by atoms with Crippen molar-refractivity contribution in [2.75, 3.05) is 13.7 Å². The Hall–Kier alpha value is -1.64. The maximum atomic E-state index is 11.6. The summed E-state index contributed by atoms with van der Waals surface area (Å²) in [6.07, 6.45) is 3.59. The number of carbonyl (C=O) groups excluding carboxylic acids is 2. The Morgan fingerprint density at radius 1 is 1.36 bits per heavy atom. The number of ether oxygens (including phenoxy) is 3. The van der Waals surface area contributed by atoms with Gasteiger partial charge in [-0.15, -0.1) is 5.92 Å². The number of Topliss-reactive ketones (excluding diaryl/α,β-unsaturated/α-hetero) is 1. The molecule has 1 aliphatic heterocycles. The van der Waals surface area contributed by atoms with Crippen LogP contribution in [0, 0.1) is 11.8 Å². The Morgan fingerprint density at radius 2 is 2.09 bits per heavy atom. The van der Waals surface area contributed by atoms with Crippen molar-refractivity contribution >= 4 is 11.8 Å². The van der Waals surface area contributed by atoms with Crippen LogP contribution in [0.15, 0.2) is 11.6 Å². The molecule has 0 aromatic heterocycles. The maximum absolute atomic E-state index is 11.6. The van der Waals surface area contributed by atoms with Crippen molar-refractivity contribution in [3.8, 4) is 11.8 Å². The van der Waals surface area contributed by atoms with Crippen molar-refractivity contribution in [3.05, 3.63) is 11.6 Å². The van der Waals surface area contributed by atoms with Gasteiger partial charge in [0.1, 0.15) is 6.10 Å². The predicted octanol–water partition coefficient (Wildman–Crippen LogP) is 2.39. The summed E-state index contributed by atoms with van der Waals surface area (Å²) in [6, 6.07) is 0. The molecule has 0 spiro atoms. The number of methoxy groups -OCH3 is 1. The van der Waals surface area contributed by atoms with E-state index in [-0.39, 0.29) is 17.9 Å². The Morgan fingerprint density at radius 3 is 2.64 bits per heavy atom. The molecule has 0 bridgehead atoms. The molecule has 5 nitrogen and oxygen atoms in total. The minimum absolute atomic E-state index is 0.0165. The molecule has 0 aromatic carbocycles. The average molecular weight is 308 g/mol. The van der Waals surface area contributed by atoms with Crippen LogP contribution in [0.5, 0.6) is 0 Å². The van der Waals surface area contributed by atoms with Crippen LogP contribution in [0.1, 0.15) is 46.5 Å². The number of unbranched alkanes of at least 4 members (excludes halogenated alkanes) is 1. The van der Waals surface area contributed by atoms with Crippen LogP contribution in [-0.2, 0) is 23.8 Å². The minimum atomic E-state index is -0.609. The molecule has 1 saturated heterocycles. The monoisotopic (exact) mass is 308 g/mol. The maximum Gasteiger partial charge on any atom is 0.305 e. The first-order chi connectivity index (χ1) is 10.3. The topological polar surface area (TPSA) is 61.8 Å². The molecule has 1 atom stereocenters. The van der Waals surface area contributed by atoms with E-state index in [1.807, 2.05) is 13.8 Å². The normalized spacial score (nSPS) is 20.2. The highest BCUT2D eigenvalue weighted by atomic mass is 16.7. The SMILES string of the molecule is COC(=O)CCCC#CCC(=CC1COC(C)(C)O1)C(C)=O. The van der Waals surface area contributed by atoms with Crippen LogP contribution in [0.4, 0.5) is 0 Å². The lowest BCUT2D eigenvalue weighted by Gasteiger charge is -2.16. The summed E-state index contributed by atoms with van der Waals surface area (Å²) >= 11 is 0. The van der Waals surface area contributed by atoms with Gasteiger partial charge in [-0.05, 0) is 33.3 Å². The predicted molar refractivity (Wildman–Crippen MR) is 81.9 cm³/mol. The van der Waals surface area contributed by atoms with Crippen molar-refractivity contribution in [3.63, 3.8) is 0 Å². The molecule has 122 valence electrons. The number of rotatable bonds is 6. The summed E-state index contributed by atoms with van der Waals surface area (Å²) < 4.78 is 15.7. The van der Waals surface area contributed by atoms with Gasteiger partial charge in [0.15, 0.2) is 11.6 Å². The van der Waals surface area contributed by atoms with Crippen molar-refractivity contribution < 1.29 is 23.8 Å². The van der Waals surface area contributed by atoms with E-state index in [1.54, 1.807) is 6.08 Å². The molecule has 1 heterocycles. The fourth-order valence-electron chi connectivity index (χ4n) is 1.99. The summed E-state index contributed by atoms with van der Waals surface area (Å²) in [6.45, 7) is 5.65. The van der Waals surface area contributed by atoms with Crippen LogP contribution in [-0.4, -0.2) is 37.4 Å². The van der Waals surface area contributed by atoms with Gasteiger partial charge in [-0.3, -0.25) is 9.59 Å². The van der Waals surface area contributed by atoms with Crippen LogP contribution in [0.2, 0.25) is 0 Å². The van der Waals surface area contributed by atoms with E-state index in [0.29, 0.717) is 37.9 Å². The summed E-state index contributed by atoms with van der Waals surface area (Å²) in [7, 11) is 1.37. The highest BCUT2D eigenvalue weighted by Crippen LogP contribution is 2.24. The first kappa shape index (κ1) is 18.4. The molecule has 22 heavy (non-hydrogen) atoms. The van der Waals surface area contributed by atoms with Gasteiger partial charge < -0.3 is 14.2 Å². The number of ketones is 1. The quantitative estimate of drug-likeness (QED) is 0.326. The number of esters is 1. The number of carbonyl (C=O) groups is 2. The Kier molecular flexibility index (Phi) is 7.30. The molecule has 5 heteroatoms. The van der Waals surface area contributed by atoms with E-state index in [0.717, 1.165) is 0 Å². The smallest absolute Gasteiger partial charge is 0.305 e. The minimum Gasteiger partial charge on any atom is -0.469 e. The van der Waals surface area contributed by atoms with Gasteiger partial charge in [0.25, 0.3) is 0 Å². The molecule has 1 rings (SSSR count). The molecule has 1 unspecified atom stereocenters. The van der Waals surface area contributed by atoms with Gasteiger partial charge in [-0.25, -0.2) is 0 Å². The summed E-state index contributed by atoms with van der Waals surface area (Å²) in [5.74, 6) is 5.08. The summed E-state index contributed by atoms with van der Waals surface area (Å²) in [5, 5.41) is 0. The largest absolute Gasteiger partial charge is 0.469 e. The molecule has 1 aliphatic rings. The first-order valence-electron chi connectivity index (χ1n) is 7.40. The van der Waals surface area contributed by atoms with Gasteiger partial charge >= 0.3 is 5.97 Å². The van der Waals surface area contributed by atoms with Gasteiger partial charge in [0.05, 0.1) is 13.7 Å². The highest BCUT2D eigenvalue weighted by Gasteiger charge is 2.31. The zero-order chi connectivity index (χ0) is 16.6. The molecule has 0 N–H and O–H groups in total. The van der Waals surface area contributed by atoms with E-state index >= 15 is 0 Å². The van der Waals surface area contributed by atoms with Crippen LogP contribution in [0.3, 0.4) is 0 Å². The fraction of sp³-hybridized carbons (Fsp3) is 0.647. The van der Waals surface area contributed by atoms with E-state index in [9.17, 15) is 9.59 Å². The molecule has 0 amide bonds. The van der Waals surface area contributed by atoms with Crippen molar-refractivity contribution in [1.29, 1.82) is 0 Å². The lowest BCUT2D eigenvalue weighted by Crippen LogP contribution is -2.21. The lowest BCUT2D eigenvalue weighted by atomic mass is 10.1. The van der Waals surface area contributed by atoms with Crippen molar-refractivity contribution in [2.45, 2.75) is 58.3 Å². The summed E-state index contributed by atoms with van der Waals surface area (Å²) in [5.41, 5.74) is 0.631. The van der Waals surface area contributed by atoms with Crippen LogP contribution in [0.25, 0.3) is 0 Å². The van der Waals surface area contributed by atoms with Gasteiger partial charge in [-0.1, -0.05) is 5.92 Å². The number of allylic oxidation sites excluding steroid dienone is 1. The highest BCUT2D eigenvalue weighted by molar-refractivity contribution is 5.93. The second kappa shape index (κ2) is 8.72. The number of hydrogen-bond donors (Lipinski definition) is 0. The average Bonchev–Trinajstić information content (AvgIpc) is 2.79. The standard InChI is InChI=1S/C17H24O5/c1-13(18)14(11-15-12-21-17(2,3)22-15)9-7-5-6-8-10-16(19)20-4/h11,15H,6,8-10,12H2,1-4H3. The third-order valence-electron chi connectivity index (χ3n) is 3.18. The van der Waals surface area contributed by atoms with E-state index < -0.39 is 5.79 Å². The zero-order valence-electron chi connectivity index (χ0n) is 13.7. The summed E-state index contributed by atoms with van der Waals surface area (Å²) in [4.78, 5) is 22.6. The molecular weight excluding hydrogens is 284 g/mol. The molecular formula is C17H24O5. The third-order valence-corrected chi connectivity index (χ3v) is 3.18. The van der Waals surface area contributed by atoms with Gasteiger partial charge in [0.2, 0.25) is 0 Å². The molecule has 0 radical (unpaired) electrons. The van der Waals surface area contributed by atoms with Crippen molar-refractivity contribution in [2.24, 2.45) is 0 Å². The second-order valence-corrected chi connectivity index (χ2v) is 5.58. The molecule has 0 aromatic rings. The third kappa shape index (κ3) is 6.88. The van der Waals surface area contributed by atoms with Crippen LogP contribution < -0.4 is 0 Å². The van der Waals surface area contributed by atoms with Crippen molar-refractivity contribution in [1.82, 2.24) is 0 Å². The zero-order valence-corrected chi connectivity index (χ0v) is 13.7. The Balaban J connectivity index is 2.46.